The Balaban J connectivity index is 2.48. The van der Waals surface area contributed by atoms with Crippen LogP contribution >= 0.6 is 0 Å². The fraction of sp³-hybridized carbons (Fsp3) is 0.273. The molecule has 1 atom stereocenters. The molecule has 1 heterocycles. The normalized spacial score (nSPS) is 19.3. The third-order valence-electron chi connectivity index (χ3n) is 2.46. The van der Waals surface area contributed by atoms with Crippen molar-refractivity contribution in [3.8, 4) is 0 Å². The quantitative estimate of drug-likeness (QED) is 0.733. The number of Topliss-reactive ketones (excluding diaryl/α,β-unsaturated/α-hetero) is 1. The van der Waals surface area contributed by atoms with Crippen LogP contribution in [0.4, 0.5) is 5.69 Å². The van der Waals surface area contributed by atoms with Crippen molar-refractivity contribution in [2.24, 2.45) is 0 Å². The van der Waals surface area contributed by atoms with E-state index in [4.69, 9.17) is 5.11 Å². The first-order chi connectivity index (χ1) is 7.08. The van der Waals surface area contributed by atoms with Crippen LogP contribution in [0.3, 0.4) is 0 Å². The molecule has 1 aliphatic rings. The summed E-state index contributed by atoms with van der Waals surface area (Å²) in [4.78, 5) is 22.4. The molecule has 2 rings (SSSR count). The van der Waals surface area contributed by atoms with Crippen molar-refractivity contribution in [1.82, 2.24) is 0 Å². The lowest BCUT2D eigenvalue weighted by Gasteiger charge is -2.23. The zero-order valence-corrected chi connectivity index (χ0v) is 8.28. The molecule has 0 fully saturated rings. The van der Waals surface area contributed by atoms with Crippen molar-refractivity contribution in [3.63, 3.8) is 0 Å². The summed E-state index contributed by atoms with van der Waals surface area (Å²) in [7, 11) is 0. The SMILES string of the molecule is CC1CC(=O)c2cc(C(=O)O)ccc2N1. The molecule has 15 heavy (non-hydrogen) atoms. The highest BCUT2D eigenvalue weighted by atomic mass is 16.4. The maximum atomic E-state index is 11.6. The van der Waals surface area contributed by atoms with Gasteiger partial charge in [0, 0.05) is 23.7 Å². The molecule has 0 amide bonds. The van der Waals surface area contributed by atoms with Crippen LogP contribution in [0.15, 0.2) is 18.2 Å². The van der Waals surface area contributed by atoms with Crippen molar-refractivity contribution in [2.45, 2.75) is 19.4 Å². The van der Waals surface area contributed by atoms with Gasteiger partial charge < -0.3 is 10.4 Å². The molecule has 4 nitrogen and oxygen atoms in total. The van der Waals surface area contributed by atoms with Crippen molar-refractivity contribution in [2.75, 3.05) is 5.32 Å². The first-order valence-corrected chi connectivity index (χ1v) is 4.75. The Labute approximate surface area is 86.9 Å². The van der Waals surface area contributed by atoms with E-state index in [-0.39, 0.29) is 17.4 Å². The summed E-state index contributed by atoms with van der Waals surface area (Å²) in [6.07, 6.45) is 0.413. The molecule has 4 heteroatoms. The Hall–Kier alpha value is -1.84. The number of anilines is 1. The molecule has 1 aliphatic heterocycles. The van der Waals surface area contributed by atoms with E-state index in [9.17, 15) is 9.59 Å². The zero-order chi connectivity index (χ0) is 11.0. The summed E-state index contributed by atoms with van der Waals surface area (Å²) in [6.45, 7) is 1.92. The summed E-state index contributed by atoms with van der Waals surface area (Å²) in [5.74, 6) is -1.01. The van der Waals surface area contributed by atoms with Gasteiger partial charge in [-0.15, -0.1) is 0 Å². The lowest BCUT2D eigenvalue weighted by atomic mass is 9.96. The molecule has 2 N–H and O–H groups in total. The molecule has 1 aromatic rings. The number of ketones is 1. The maximum Gasteiger partial charge on any atom is 0.335 e. The minimum Gasteiger partial charge on any atom is -0.478 e. The third-order valence-corrected chi connectivity index (χ3v) is 2.46. The second-order valence-corrected chi connectivity index (χ2v) is 3.74. The Morgan fingerprint density at radius 1 is 1.53 bits per heavy atom. The molecular weight excluding hydrogens is 194 g/mol. The predicted octanol–water partition coefficient (Wildman–Crippen LogP) is 1.77. The van der Waals surface area contributed by atoms with Crippen LogP contribution in [0.2, 0.25) is 0 Å². The second kappa shape index (κ2) is 3.38. The van der Waals surface area contributed by atoms with Gasteiger partial charge in [0.25, 0.3) is 0 Å². The summed E-state index contributed by atoms with van der Waals surface area (Å²) >= 11 is 0. The van der Waals surface area contributed by atoms with Gasteiger partial charge in [-0.3, -0.25) is 4.79 Å². The second-order valence-electron chi connectivity index (χ2n) is 3.74. The van der Waals surface area contributed by atoms with Crippen LogP contribution in [-0.2, 0) is 0 Å². The Kier molecular flexibility index (Phi) is 2.19. The number of fused-ring (bicyclic) bond motifs is 1. The number of nitrogens with one attached hydrogen (secondary N) is 1. The standard InChI is InChI=1S/C11H11NO3/c1-6-4-10(13)8-5-7(11(14)15)2-3-9(8)12-6/h2-3,5-6,12H,4H2,1H3,(H,14,15). The van der Waals surface area contributed by atoms with E-state index < -0.39 is 5.97 Å². The maximum absolute atomic E-state index is 11.6. The molecule has 0 aromatic heterocycles. The number of hydrogen-bond donors (Lipinski definition) is 2. The molecule has 1 unspecified atom stereocenters. The van der Waals surface area contributed by atoms with E-state index in [1.165, 1.54) is 12.1 Å². The van der Waals surface area contributed by atoms with Gasteiger partial charge in [0.15, 0.2) is 5.78 Å². The Bertz CT molecular complexity index is 439. The molecule has 0 saturated heterocycles. The predicted molar refractivity (Wildman–Crippen MR) is 55.4 cm³/mol. The molecule has 78 valence electrons. The van der Waals surface area contributed by atoms with Gasteiger partial charge in [0.1, 0.15) is 0 Å². The van der Waals surface area contributed by atoms with Gasteiger partial charge in [-0.2, -0.15) is 0 Å². The lowest BCUT2D eigenvalue weighted by molar-refractivity contribution is 0.0697. The van der Waals surface area contributed by atoms with Crippen LogP contribution < -0.4 is 5.32 Å². The minimum absolute atomic E-state index is 0.000602. The Morgan fingerprint density at radius 3 is 2.93 bits per heavy atom. The topological polar surface area (TPSA) is 66.4 Å². The summed E-state index contributed by atoms with van der Waals surface area (Å²) in [5.41, 5.74) is 1.36. The average Bonchev–Trinajstić information content (AvgIpc) is 2.16. The van der Waals surface area contributed by atoms with E-state index in [1.807, 2.05) is 6.92 Å². The highest BCUT2D eigenvalue weighted by Crippen LogP contribution is 2.25. The van der Waals surface area contributed by atoms with Crippen LogP contribution in [0.5, 0.6) is 0 Å². The van der Waals surface area contributed by atoms with Crippen molar-refractivity contribution in [1.29, 1.82) is 0 Å². The van der Waals surface area contributed by atoms with Crippen LogP contribution in [0, 0.1) is 0 Å². The van der Waals surface area contributed by atoms with Crippen LogP contribution in [0.1, 0.15) is 34.1 Å². The number of hydrogen-bond acceptors (Lipinski definition) is 3. The highest BCUT2D eigenvalue weighted by molar-refractivity contribution is 6.05. The number of aromatic carboxylic acids is 1. The number of rotatable bonds is 1. The molecule has 0 aliphatic carbocycles. The molecule has 1 aromatic carbocycles. The minimum atomic E-state index is -1.01. The smallest absolute Gasteiger partial charge is 0.335 e. The number of carboxylic acids is 1. The molecule has 0 radical (unpaired) electrons. The lowest BCUT2D eigenvalue weighted by Crippen LogP contribution is -2.26. The Morgan fingerprint density at radius 2 is 2.27 bits per heavy atom. The largest absolute Gasteiger partial charge is 0.478 e. The van der Waals surface area contributed by atoms with Gasteiger partial charge in [-0.1, -0.05) is 0 Å². The van der Waals surface area contributed by atoms with Crippen molar-refractivity contribution >= 4 is 17.4 Å². The fourth-order valence-electron chi connectivity index (χ4n) is 1.74. The van der Waals surface area contributed by atoms with E-state index in [2.05, 4.69) is 5.32 Å². The van der Waals surface area contributed by atoms with Crippen LogP contribution in [-0.4, -0.2) is 22.9 Å². The van der Waals surface area contributed by atoms with Crippen LogP contribution in [0.25, 0.3) is 0 Å². The zero-order valence-electron chi connectivity index (χ0n) is 8.28. The molecule has 0 saturated carbocycles. The number of benzene rings is 1. The summed E-state index contributed by atoms with van der Waals surface area (Å²) in [6, 6.07) is 4.69. The highest BCUT2D eigenvalue weighted by Gasteiger charge is 2.22. The van der Waals surface area contributed by atoms with Gasteiger partial charge in [0.05, 0.1) is 5.56 Å². The first-order valence-electron chi connectivity index (χ1n) is 4.75. The summed E-state index contributed by atoms with van der Waals surface area (Å²) < 4.78 is 0. The van der Waals surface area contributed by atoms with Gasteiger partial charge in [-0.25, -0.2) is 4.79 Å². The van der Waals surface area contributed by atoms with Crippen molar-refractivity contribution < 1.29 is 14.7 Å². The fourth-order valence-corrected chi connectivity index (χ4v) is 1.74. The number of carbonyl (C=O) groups excluding carboxylic acids is 1. The van der Waals surface area contributed by atoms with E-state index in [1.54, 1.807) is 6.07 Å². The van der Waals surface area contributed by atoms with Gasteiger partial charge >= 0.3 is 5.97 Å². The molecule has 0 spiro atoms. The monoisotopic (exact) mass is 205 g/mol. The van der Waals surface area contributed by atoms with Gasteiger partial charge in [0.2, 0.25) is 0 Å². The van der Waals surface area contributed by atoms with E-state index >= 15 is 0 Å². The third kappa shape index (κ3) is 1.70. The van der Waals surface area contributed by atoms with Gasteiger partial charge in [-0.05, 0) is 25.1 Å². The number of carboxylic acid groups (broad SMARTS) is 1. The summed E-state index contributed by atoms with van der Waals surface area (Å²) in [5, 5.41) is 11.9. The first kappa shape index (κ1) is 9.71. The van der Waals surface area contributed by atoms with Crippen molar-refractivity contribution in [3.05, 3.63) is 29.3 Å². The average molecular weight is 205 g/mol. The molecule has 0 bridgehead atoms. The number of carbonyl (C=O) groups is 2. The van der Waals surface area contributed by atoms with E-state index in [0.29, 0.717) is 12.0 Å². The molecular formula is C11H11NO3. The van der Waals surface area contributed by atoms with E-state index in [0.717, 1.165) is 5.69 Å².